The van der Waals surface area contributed by atoms with Gasteiger partial charge >= 0.3 is 6.18 Å². The van der Waals surface area contributed by atoms with Crippen LogP contribution in [0.1, 0.15) is 43.2 Å². The third-order valence-electron chi connectivity index (χ3n) is 4.03. The third kappa shape index (κ3) is 4.06. The maximum absolute atomic E-state index is 13.1. The van der Waals surface area contributed by atoms with E-state index in [-0.39, 0.29) is 18.0 Å². The fourth-order valence-electron chi connectivity index (χ4n) is 2.92. The van der Waals surface area contributed by atoms with E-state index in [4.69, 9.17) is 5.73 Å². The molecule has 0 bridgehead atoms. The first-order chi connectivity index (χ1) is 9.91. The standard InChI is InChI=1S/C16H19F4N/c17-14-7-6-12(15(9-14)16(18,19)20)8-13(10-21)11-4-2-1-3-5-11/h6-9,11H,1-5,10,21H2/b13-8-. The summed E-state index contributed by atoms with van der Waals surface area (Å²) in [4.78, 5) is 0. The molecule has 1 aromatic carbocycles. The normalized spacial score (nSPS) is 18.0. The Morgan fingerprint density at radius 1 is 1.19 bits per heavy atom. The van der Waals surface area contributed by atoms with Gasteiger partial charge in [0.2, 0.25) is 0 Å². The molecule has 1 saturated carbocycles. The Morgan fingerprint density at radius 3 is 2.43 bits per heavy atom. The largest absolute Gasteiger partial charge is 0.417 e. The Kier molecular flexibility index (Phi) is 5.04. The minimum absolute atomic E-state index is 0.00470. The highest BCUT2D eigenvalue weighted by Gasteiger charge is 2.33. The Balaban J connectivity index is 2.37. The lowest BCUT2D eigenvalue weighted by Crippen LogP contribution is -2.16. The van der Waals surface area contributed by atoms with Crippen LogP contribution in [0.2, 0.25) is 0 Å². The Morgan fingerprint density at radius 2 is 1.86 bits per heavy atom. The van der Waals surface area contributed by atoms with E-state index < -0.39 is 17.6 Å². The Hall–Kier alpha value is -1.36. The second kappa shape index (κ2) is 6.60. The molecule has 1 fully saturated rings. The highest BCUT2D eigenvalue weighted by atomic mass is 19.4. The SMILES string of the molecule is NC/C(=C/c1ccc(F)cc1C(F)(F)F)C1CCCCC1. The van der Waals surface area contributed by atoms with Crippen molar-refractivity contribution in [3.8, 4) is 0 Å². The molecular formula is C16H19F4N. The van der Waals surface area contributed by atoms with Crippen LogP contribution in [0.3, 0.4) is 0 Å². The van der Waals surface area contributed by atoms with Crippen LogP contribution < -0.4 is 5.73 Å². The van der Waals surface area contributed by atoms with Crippen LogP contribution in [0.4, 0.5) is 17.6 Å². The molecule has 1 aromatic rings. The summed E-state index contributed by atoms with van der Waals surface area (Å²) in [6.07, 6.45) is 2.18. The quantitative estimate of drug-likeness (QED) is 0.800. The lowest BCUT2D eigenvalue weighted by atomic mass is 9.83. The number of hydrogen-bond donors (Lipinski definition) is 1. The van der Waals surface area contributed by atoms with E-state index >= 15 is 0 Å². The van der Waals surface area contributed by atoms with Crippen LogP contribution in [0, 0.1) is 11.7 Å². The van der Waals surface area contributed by atoms with E-state index in [1.165, 1.54) is 18.6 Å². The topological polar surface area (TPSA) is 26.0 Å². The molecule has 0 radical (unpaired) electrons. The van der Waals surface area contributed by atoms with E-state index in [9.17, 15) is 17.6 Å². The van der Waals surface area contributed by atoms with Crippen LogP contribution in [-0.4, -0.2) is 6.54 Å². The van der Waals surface area contributed by atoms with Gasteiger partial charge in [0, 0.05) is 6.54 Å². The first-order valence-corrected chi connectivity index (χ1v) is 7.19. The number of nitrogens with two attached hydrogens (primary N) is 1. The van der Waals surface area contributed by atoms with Gasteiger partial charge in [-0.25, -0.2) is 4.39 Å². The molecule has 1 aliphatic carbocycles. The maximum atomic E-state index is 13.1. The molecule has 21 heavy (non-hydrogen) atoms. The molecule has 0 unspecified atom stereocenters. The maximum Gasteiger partial charge on any atom is 0.417 e. The van der Waals surface area contributed by atoms with E-state index in [0.717, 1.165) is 37.3 Å². The summed E-state index contributed by atoms with van der Waals surface area (Å²) in [5.74, 6) is -0.638. The molecule has 116 valence electrons. The summed E-state index contributed by atoms with van der Waals surface area (Å²) < 4.78 is 52.1. The molecular weight excluding hydrogens is 282 g/mol. The van der Waals surface area contributed by atoms with Gasteiger partial charge in [-0.3, -0.25) is 0 Å². The number of hydrogen-bond acceptors (Lipinski definition) is 1. The molecule has 0 aromatic heterocycles. The minimum atomic E-state index is -4.57. The molecule has 0 heterocycles. The number of halogens is 4. The van der Waals surface area contributed by atoms with Crippen molar-refractivity contribution >= 4 is 6.08 Å². The second-order valence-electron chi connectivity index (χ2n) is 5.49. The smallest absolute Gasteiger partial charge is 0.327 e. The summed E-state index contributed by atoms with van der Waals surface area (Å²) in [5, 5.41) is 0. The van der Waals surface area contributed by atoms with Crippen molar-refractivity contribution in [1.82, 2.24) is 0 Å². The number of rotatable bonds is 3. The summed E-state index contributed by atoms with van der Waals surface area (Å²) in [5.41, 5.74) is 5.60. The average molecular weight is 301 g/mol. The van der Waals surface area contributed by atoms with Crippen molar-refractivity contribution in [1.29, 1.82) is 0 Å². The van der Waals surface area contributed by atoms with Gasteiger partial charge in [-0.15, -0.1) is 0 Å². The van der Waals surface area contributed by atoms with Crippen molar-refractivity contribution < 1.29 is 17.6 Å². The van der Waals surface area contributed by atoms with Gasteiger partial charge in [0.15, 0.2) is 0 Å². The molecule has 0 atom stereocenters. The van der Waals surface area contributed by atoms with Gasteiger partial charge < -0.3 is 5.73 Å². The van der Waals surface area contributed by atoms with Crippen molar-refractivity contribution in [3.05, 3.63) is 40.7 Å². The molecule has 0 saturated heterocycles. The van der Waals surface area contributed by atoms with Crippen LogP contribution >= 0.6 is 0 Å². The van der Waals surface area contributed by atoms with Crippen LogP contribution in [0.25, 0.3) is 6.08 Å². The Labute approximate surface area is 121 Å². The van der Waals surface area contributed by atoms with Crippen molar-refractivity contribution in [2.45, 2.75) is 38.3 Å². The molecule has 0 amide bonds. The van der Waals surface area contributed by atoms with Gasteiger partial charge in [-0.1, -0.05) is 37.0 Å². The molecule has 1 nitrogen and oxygen atoms in total. The predicted molar refractivity (Wildman–Crippen MR) is 75.0 cm³/mol. The summed E-state index contributed by atoms with van der Waals surface area (Å²) in [6.45, 7) is 0.235. The second-order valence-corrected chi connectivity index (χ2v) is 5.49. The first kappa shape index (κ1) is 16.0. The van der Waals surface area contributed by atoms with Gasteiger partial charge in [-0.2, -0.15) is 13.2 Å². The molecule has 1 aliphatic rings. The lowest BCUT2D eigenvalue weighted by molar-refractivity contribution is -0.137. The lowest BCUT2D eigenvalue weighted by Gasteiger charge is -2.24. The van der Waals surface area contributed by atoms with Crippen molar-refractivity contribution in [2.24, 2.45) is 11.7 Å². The van der Waals surface area contributed by atoms with Crippen LogP contribution in [0.15, 0.2) is 23.8 Å². The molecule has 0 spiro atoms. The molecule has 2 rings (SSSR count). The first-order valence-electron chi connectivity index (χ1n) is 7.19. The van der Waals surface area contributed by atoms with Crippen LogP contribution in [0.5, 0.6) is 0 Å². The van der Waals surface area contributed by atoms with E-state index in [2.05, 4.69) is 0 Å². The van der Waals surface area contributed by atoms with Gasteiger partial charge in [0.1, 0.15) is 5.82 Å². The van der Waals surface area contributed by atoms with Gasteiger partial charge in [-0.05, 0) is 36.5 Å². The van der Waals surface area contributed by atoms with E-state index in [1.807, 2.05) is 0 Å². The van der Waals surface area contributed by atoms with Crippen molar-refractivity contribution in [2.75, 3.05) is 6.54 Å². The van der Waals surface area contributed by atoms with Crippen LogP contribution in [-0.2, 0) is 6.18 Å². The highest BCUT2D eigenvalue weighted by Crippen LogP contribution is 2.35. The molecule has 2 N–H and O–H groups in total. The summed E-state index contributed by atoms with van der Waals surface area (Å²) in [6, 6.07) is 2.77. The zero-order valence-electron chi connectivity index (χ0n) is 11.7. The Bertz CT molecular complexity index is 513. The fourth-order valence-corrected chi connectivity index (χ4v) is 2.92. The third-order valence-corrected chi connectivity index (χ3v) is 4.03. The summed E-state index contributed by atoms with van der Waals surface area (Å²) in [7, 11) is 0. The average Bonchev–Trinajstić information content (AvgIpc) is 2.46. The van der Waals surface area contributed by atoms with E-state index in [0.29, 0.717) is 6.07 Å². The number of alkyl halides is 3. The summed E-state index contributed by atoms with van der Waals surface area (Å²) >= 11 is 0. The number of benzene rings is 1. The van der Waals surface area contributed by atoms with Gasteiger partial charge in [0.05, 0.1) is 5.56 Å². The molecule has 5 heteroatoms. The minimum Gasteiger partial charge on any atom is -0.327 e. The monoisotopic (exact) mass is 301 g/mol. The highest BCUT2D eigenvalue weighted by molar-refractivity contribution is 5.58. The zero-order valence-corrected chi connectivity index (χ0v) is 11.7. The van der Waals surface area contributed by atoms with E-state index in [1.54, 1.807) is 0 Å². The predicted octanol–water partition coefficient (Wildman–Crippen LogP) is 4.77. The zero-order chi connectivity index (χ0) is 15.5. The molecule has 0 aliphatic heterocycles. The van der Waals surface area contributed by atoms with Crippen molar-refractivity contribution in [3.63, 3.8) is 0 Å². The fraction of sp³-hybridized carbons (Fsp3) is 0.500. The van der Waals surface area contributed by atoms with Gasteiger partial charge in [0.25, 0.3) is 0 Å².